The number of aromatic hydroxyl groups is 1. The number of benzene rings is 1. The number of carbonyl (C=O) groups is 1. The summed E-state index contributed by atoms with van der Waals surface area (Å²) in [5.74, 6) is 1.05. The molecule has 0 unspecified atom stereocenters. The van der Waals surface area contributed by atoms with Gasteiger partial charge >= 0.3 is 0 Å². The first kappa shape index (κ1) is 16.7. The van der Waals surface area contributed by atoms with Gasteiger partial charge in [0.25, 0.3) is 5.91 Å². The average Bonchev–Trinajstić information content (AvgIpc) is 2.94. The van der Waals surface area contributed by atoms with Gasteiger partial charge in [0.15, 0.2) is 11.5 Å². The Kier molecular flexibility index (Phi) is 4.16. The molecular formula is C18H19BrN2O3S. The molecule has 3 N–H and O–H groups in total. The van der Waals surface area contributed by atoms with E-state index >= 15 is 0 Å². The van der Waals surface area contributed by atoms with E-state index in [0.29, 0.717) is 16.1 Å². The van der Waals surface area contributed by atoms with E-state index < -0.39 is 0 Å². The fraction of sp³-hybridized carbons (Fsp3) is 0.389. The summed E-state index contributed by atoms with van der Waals surface area (Å²) < 4.78 is 5.74. The number of fused-ring (bicyclic) bond motifs is 3. The lowest BCUT2D eigenvalue weighted by Crippen LogP contribution is -2.38. The molecule has 1 aromatic heterocycles. The van der Waals surface area contributed by atoms with Crippen molar-refractivity contribution in [2.75, 3.05) is 12.4 Å². The summed E-state index contributed by atoms with van der Waals surface area (Å²) in [5, 5.41) is 17.4. The zero-order valence-electron chi connectivity index (χ0n) is 14.0. The molecule has 1 aliphatic heterocycles. The molecule has 1 aromatic carbocycles. The van der Waals surface area contributed by atoms with Crippen molar-refractivity contribution in [3.05, 3.63) is 38.2 Å². The lowest BCUT2D eigenvalue weighted by Gasteiger charge is -2.27. The number of methoxy groups -OCH3 is 1. The molecule has 0 fully saturated rings. The van der Waals surface area contributed by atoms with Crippen molar-refractivity contribution in [1.82, 2.24) is 5.32 Å². The van der Waals surface area contributed by atoms with Gasteiger partial charge in [-0.15, -0.1) is 11.3 Å². The van der Waals surface area contributed by atoms with Crippen molar-refractivity contribution >= 4 is 38.2 Å². The van der Waals surface area contributed by atoms with Crippen LogP contribution in [0.3, 0.4) is 0 Å². The fourth-order valence-corrected chi connectivity index (χ4v) is 5.44. The number of rotatable bonds is 2. The van der Waals surface area contributed by atoms with Gasteiger partial charge in [0, 0.05) is 4.88 Å². The minimum Gasteiger partial charge on any atom is -0.503 e. The van der Waals surface area contributed by atoms with Crippen molar-refractivity contribution in [2.24, 2.45) is 5.92 Å². The number of phenols is 1. The highest BCUT2D eigenvalue weighted by Crippen LogP contribution is 2.44. The van der Waals surface area contributed by atoms with E-state index in [4.69, 9.17) is 4.74 Å². The highest BCUT2D eigenvalue weighted by atomic mass is 79.9. The SMILES string of the molecule is COc1cc([C@@H]2NC(=O)c3c(sc4c3CC[C@@H](C)C4)N2)cc(Br)c1O. The number of hydrogen-bond acceptors (Lipinski definition) is 5. The van der Waals surface area contributed by atoms with Crippen molar-refractivity contribution < 1.29 is 14.6 Å². The maximum Gasteiger partial charge on any atom is 0.256 e. The van der Waals surface area contributed by atoms with E-state index in [1.807, 2.05) is 0 Å². The zero-order valence-corrected chi connectivity index (χ0v) is 16.4. The van der Waals surface area contributed by atoms with Gasteiger partial charge in [-0.25, -0.2) is 0 Å². The number of ether oxygens (including phenoxy) is 1. The Balaban J connectivity index is 1.71. The van der Waals surface area contributed by atoms with Crippen LogP contribution >= 0.6 is 27.3 Å². The van der Waals surface area contributed by atoms with Crippen LogP contribution in [0.4, 0.5) is 5.00 Å². The van der Waals surface area contributed by atoms with Crippen LogP contribution in [-0.4, -0.2) is 18.1 Å². The van der Waals surface area contributed by atoms with E-state index in [1.165, 1.54) is 17.6 Å². The molecule has 0 bridgehead atoms. The average molecular weight is 423 g/mol. The lowest BCUT2D eigenvalue weighted by molar-refractivity contribution is 0.0935. The summed E-state index contributed by atoms with van der Waals surface area (Å²) in [5.41, 5.74) is 2.85. The first-order valence-corrected chi connectivity index (χ1v) is 9.87. The predicted molar refractivity (Wildman–Crippen MR) is 102 cm³/mol. The maximum absolute atomic E-state index is 12.8. The number of anilines is 1. The second-order valence-corrected chi connectivity index (χ2v) is 8.62. The van der Waals surface area contributed by atoms with E-state index in [0.717, 1.165) is 35.4 Å². The molecule has 2 atom stereocenters. The molecule has 7 heteroatoms. The summed E-state index contributed by atoms with van der Waals surface area (Å²) in [4.78, 5) is 14.1. The third kappa shape index (κ3) is 2.79. The molecule has 0 saturated heterocycles. The van der Waals surface area contributed by atoms with E-state index in [9.17, 15) is 9.90 Å². The quantitative estimate of drug-likeness (QED) is 0.677. The molecule has 4 rings (SSSR count). The maximum atomic E-state index is 12.8. The topological polar surface area (TPSA) is 70.6 Å². The second-order valence-electron chi connectivity index (χ2n) is 6.66. The van der Waals surface area contributed by atoms with Gasteiger partial charge < -0.3 is 20.5 Å². The molecule has 0 saturated carbocycles. The van der Waals surface area contributed by atoms with Crippen molar-refractivity contribution in [1.29, 1.82) is 0 Å². The molecule has 2 aliphatic rings. The van der Waals surface area contributed by atoms with Crippen LogP contribution in [0.15, 0.2) is 16.6 Å². The van der Waals surface area contributed by atoms with E-state index in [1.54, 1.807) is 23.5 Å². The summed E-state index contributed by atoms with van der Waals surface area (Å²) in [7, 11) is 1.50. The van der Waals surface area contributed by atoms with Crippen molar-refractivity contribution in [2.45, 2.75) is 32.4 Å². The normalized spacial score (nSPS) is 21.8. The Labute approximate surface area is 158 Å². The monoisotopic (exact) mass is 422 g/mol. The zero-order chi connectivity index (χ0) is 17.7. The molecular weight excluding hydrogens is 404 g/mol. The number of halogens is 1. The van der Waals surface area contributed by atoms with Gasteiger partial charge in [0.05, 0.1) is 17.1 Å². The number of amides is 1. The Morgan fingerprint density at radius 2 is 2.16 bits per heavy atom. The Hall–Kier alpha value is -1.73. The number of hydrogen-bond donors (Lipinski definition) is 3. The van der Waals surface area contributed by atoms with E-state index in [2.05, 4.69) is 33.5 Å². The minimum atomic E-state index is -0.358. The van der Waals surface area contributed by atoms with Crippen LogP contribution in [0, 0.1) is 5.92 Å². The van der Waals surface area contributed by atoms with Crippen LogP contribution in [0.5, 0.6) is 11.5 Å². The molecule has 0 spiro atoms. The molecule has 1 aliphatic carbocycles. The molecule has 5 nitrogen and oxygen atoms in total. The summed E-state index contributed by atoms with van der Waals surface area (Å²) in [6.07, 6.45) is 2.80. The van der Waals surface area contributed by atoms with Crippen LogP contribution in [0.1, 0.15) is 45.9 Å². The van der Waals surface area contributed by atoms with Gasteiger partial charge in [0.1, 0.15) is 11.2 Å². The minimum absolute atomic E-state index is 0.0334. The molecule has 2 heterocycles. The number of thiophene rings is 1. The van der Waals surface area contributed by atoms with Crippen LogP contribution in [0.25, 0.3) is 0 Å². The molecule has 132 valence electrons. The largest absolute Gasteiger partial charge is 0.503 e. The summed E-state index contributed by atoms with van der Waals surface area (Å²) in [6, 6.07) is 3.52. The van der Waals surface area contributed by atoms with Crippen LogP contribution < -0.4 is 15.4 Å². The smallest absolute Gasteiger partial charge is 0.256 e. The first-order valence-electron chi connectivity index (χ1n) is 8.26. The van der Waals surface area contributed by atoms with Gasteiger partial charge in [-0.05, 0) is 64.4 Å². The first-order chi connectivity index (χ1) is 12.0. The van der Waals surface area contributed by atoms with Crippen molar-refractivity contribution in [3.8, 4) is 11.5 Å². The fourth-order valence-electron chi connectivity index (χ4n) is 3.55. The number of nitrogens with one attached hydrogen (secondary N) is 2. The number of carbonyl (C=O) groups excluding carboxylic acids is 1. The van der Waals surface area contributed by atoms with Crippen LogP contribution in [-0.2, 0) is 12.8 Å². The molecule has 2 aromatic rings. The standard InChI is InChI=1S/C18H19BrN2O3S/c1-8-3-4-10-13(5-8)25-18-14(10)17(23)20-16(21-18)9-6-11(19)15(22)12(7-9)24-2/h6-8,16,21-22H,3-5H2,1-2H3,(H,20,23)/t8-,16-/m1/s1. The summed E-state index contributed by atoms with van der Waals surface area (Å²) in [6.45, 7) is 2.26. The van der Waals surface area contributed by atoms with Gasteiger partial charge in [-0.2, -0.15) is 0 Å². The molecule has 0 radical (unpaired) electrons. The number of phenolic OH excluding ortho intramolecular Hbond substituents is 1. The lowest BCUT2D eigenvalue weighted by atomic mass is 9.88. The molecule has 25 heavy (non-hydrogen) atoms. The third-order valence-corrected chi connectivity index (χ3v) is 6.68. The predicted octanol–water partition coefficient (Wildman–Crippen LogP) is 4.20. The second kappa shape index (κ2) is 6.21. The highest BCUT2D eigenvalue weighted by Gasteiger charge is 2.33. The van der Waals surface area contributed by atoms with E-state index in [-0.39, 0.29) is 17.8 Å². The molecule has 1 amide bonds. The third-order valence-electron chi connectivity index (χ3n) is 4.89. The van der Waals surface area contributed by atoms with Gasteiger partial charge in [-0.1, -0.05) is 6.92 Å². The Bertz CT molecular complexity index is 864. The Morgan fingerprint density at radius 1 is 1.36 bits per heavy atom. The highest BCUT2D eigenvalue weighted by molar-refractivity contribution is 9.10. The van der Waals surface area contributed by atoms with Crippen molar-refractivity contribution in [3.63, 3.8) is 0 Å². The van der Waals surface area contributed by atoms with Gasteiger partial charge in [-0.3, -0.25) is 4.79 Å². The summed E-state index contributed by atoms with van der Waals surface area (Å²) >= 11 is 5.03. The Morgan fingerprint density at radius 3 is 2.92 bits per heavy atom. The van der Waals surface area contributed by atoms with Gasteiger partial charge in [0.2, 0.25) is 0 Å². The van der Waals surface area contributed by atoms with Crippen LogP contribution in [0.2, 0.25) is 0 Å².